The summed E-state index contributed by atoms with van der Waals surface area (Å²) >= 11 is 0. The summed E-state index contributed by atoms with van der Waals surface area (Å²) in [5.74, 6) is -0.287. The Morgan fingerprint density at radius 3 is 2.65 bits per heavy atom. The van der Waals surface area contributed by atoms with Crippen LogP contribution >= 0.6 is 0 Å². The van der Waals surface area contributed by atoms with Crippen molar-refractivity contribution in [1.29, 1.82) is 0 Å². The van der Waals surface area contributed by atoms with Gasteiger partial charge in [-0.05, 0) is 37.3 Å². The van der Waals surface area contributed by atoms with Crippen molar-refractivity contribution in [2.24, 2.45) is 5.92 Å². The summed E-state index contributed by atoms with van der Waals surface area (Å²) in [6.07, 6.45) is 2.24. The largest absolute Gasteiger partial charge is 0.383 e. The van der Waals surface area contributed by atoms with Crippen molar-refractivity contribution in [2.75, 3.05) is 19.0 Å². The van der Waals surface area contributed by atoms with Gasteiger partial charge in [-0.3, -0.25) is 0 Å². The molecule has 17 heavy (non-hydrogen) atoms. The molecule has 0 amide bonds. The summed E-state index contributed by atoms with van der Waals surface area (Å²) in [5.41, 5.74) is 0.546. The van der Waals surface area contributed by atoms with E-state index < -0.39 is 5.82 Å². The molecule has 0 aliphatic heterocycles. The topological polar surface area (TPSA) is 21.3 Å². The molecule has 1 aromatic carbocycles. The molecule has 0 heterocycles. The van der Waals surface area contributed by atoms with E-state index in [2.05, 4.69) is 5.32 Å². The molecule has 1 atom stereocenters. The van der Waals surface area contributed by atoms with Gasteiger partial charge in [-0.1, -0.05) is 0 Å². The van der Waals surface area contributed by atoms with Gasteiger partial charge in [-0.25, -0.2) is 8.78 Å². The van der Waals surface area contributed by atoms with Gasteiger partial charge in [0, 0.05) is 13.2 Å². The van der Waals surface area contributed by atoms with Gasteiger partial charge in [0.1, 0.15) is 11.6 Å². The number of halogens is 2. The molecule has 1 N–H and O–H groups in total. The van der Waals surface area contributed by atoms with Crippen LogP contribution in [0.3, 0.4) is 0 Å². The van der Waals surface area contributed by atoms with Crippen molar-refractivity contribution in [3.05, 3.63) is 29.3 Å². The predicted molar refractivity (Wildman–Crippen MR) is 63.1 cm³/mol. The summed E-state index contributed by atoms with van der Waals surface area (Å²) in [4.78, 5) is 0. The van der Waals surface area contributed by atoms with E-state index in [1.807, 2.05) is 0 Å². The second-order valence-corrected chi connectivity index (χ2v) is 4.62. The summed E-state index contributed by atoms with van der Waals surface area (Å²) in [6.45, 7) is 2.06. The summed E-state index contributed by atoms with van der Waals surface area (Å²) in [6, 6.07) is 2.50. The second kappa shape index (κ2) is 5.00. The minimum absolute atomic E-state index is 0.0663. The molecule has 2 rings (SSSR count). The fraction of sp³-hybridized carbons (Fsp3) is 0.538. The van der Waals surface area contributed by atoms with Crippen LogP contribution in [0.15, 0.2) is 12.1 Å². The van der Waals surface area contributed by atoms with Crippen LogP contribution in [0.4, 0.5) is 14.5 Å². The van der Waals surface area contributed by atoms with Crippen LogP contribution in [0.2, 0.25) is 0 Å². The molecule has 94 valence electrons. The Kier molecular flexibility index (Phi) is 3.62. The van der Waals surface area contributed by atoms with Gasteiger partial charge in [-0.2, -0.15) is 0 Å². The van der Waals surface area contributed by atoms with Crippen molar-refractivity contribution in [3.63, 3.8) is 0 Å². The first kappa shape index (κ1) is 12.3. The third-order valence-corrected chi connectivity index (χ3v) is 3.13. The molecule has 1 aliphatic rings. The quantitative estimate of drug-likeness (QED) is 0.855. The number of hydrogen-bond donors (Lipinski definition) is 1. The average molecular weight is 241 g/mol. The van der Waals surface area contributed by atoms with Crippen LogP contribution < -0.4 is 5.32 Å². The fourth-order valence-electron chi connectivity index (χ4n) is 1.93. The van der Waals surface area contributed by atoms with Gasteiger partial charge in [-0.15, -0.1) is 0 Å². The highest BCUT2D eigenvalue weighted by atomic mass is 19.1. The maximum atomic E-state index is 13.6. The van der Waals surface area contributed by atoms with E-state index in [1.165, 1.54) is 12.1 Å². The summed E-state index contributed by atoms with van der Waals surface area (Å²) in [5, 5.41) is 3.04. The lowest BCUT2D eigenvalue weighted by Gasteiger charge is -2.19. The first-order valence-electron chi connectivity index (χ1n) is 5.83. The smallest absolute Gasteiger partial charge is 0.146 e. The Bertz CT molecular complexity index is 405. The van der Waals surface area contributed by atoms with Gasteiger partial charge < -0.3 is 10.1 Å². The van der Waals surface area contributed by atoms with Gasteiger partial charge in [0.2, 0.25) is 0 Å². The first-order valence-corrected chi connectivity index (χ1v) is 5.83. The number of benzene rings is 1. The molecule has 0 bridgehead atoms. The van der Waals surface area contributed by atoms with Crippen LogP contribution in [0.1, 0.15) is 18.4 Å². The van der Waals surface area contributed by atoms with Gasteiger partial charge in [0.05, 0.1) is 18.3 Å². The normalized spacial score (nSPS) is 16.9. The highest BCUT2D eigenvalue weighted by molar-refractivity contribution is 5.48. The number of rotatable bonds is 5. The molecule has 1 aliphatic carbocycles. The first-order chi connectivity index (χ1) is 8.11. The van der Waals surface area contributed by atoms with Crippen molar-refractivity contribution in [2.45, 2.75) is 25.8 Å². The Balaban J connectivity index is 2.13. The van der Waals surface area contributed by atoms with E-state index in [1.54, 1.807) is 14.0 Å². The highest BCUT2D eigenvalue weighted by Crippen LogP contribution is 2.35. The summed E-state index contributed by atoms with van der Waals surface area (Å²) < 4.78 is 32.1. The van der Waals surface area contributed by atoms with Crippen LogP contribution in [-0.2, 0) is 4.74 Å². The zero-order chi connectivity index (χ0) is 12.4. The van der Waals surface area contributed by atoms with Gasteiger partial charge in [0.15, 0.2) is 0 Å². The molecule has 1 saturated carbocycles. The van der Waals surface area contributed by atoms with Crippen molar-refractivity contribution < 1.29 is 13.5 Å². The number of nitrogens with one attached hydrogen (secondary N) is 1. The van der Waals surface area contributed by atoms with E-state index in [4.69, 9.17) is 4.74 Å². The van der Waals surface area contributed by atoms with Crippen molar-refractivity contribution in [3.8, 4) is 0 Å². The number of anilines is 1. The molecule has 0 spiro atoms. The van der Waals surface area contributed by atoms with Crippen LogP contribution in [0.5, 0.6) is 0 Å². The molecule has 1 aromatic rings. The maximum absolute atomic E-state index is 13.6. The average Bonchev–Trinajstić information content (AvgIpc) is 3.08. The Labute approximate surface area is 100.0 Å². The van der Waals surface area contributed by atoms with Crippen molar-refractivity contribution >= 4 is 5.69 Å². The minimum Gasteiger partial charge on any atom is -0.383 e. The molecule has 1 fully saturated rings. The monoisotopic (exact) mass is 241 g/mol. The Morgan fingerprint density at radius 2 is 2.06 bits per heavy atom. The number of aryl methyl sites for hydroxylation is 1. The SMILES string of the molecule is COCC(Nc1cc(F)c(C)cc1F)C1CC1. The third kappa shape index (κ3) is 2.94. The standard InChI is InChI=1S/C13H17F2NO/c1-8-5-11(15)12(6-10(8)14)16-13(7-17-2)9-3-4-9/h5-6,9,13,16H,3-4,7H2,1-2H3. The van der Waals surface area contributed by atoms with Gasteiger partial charge in [0.25, 0.3) is 0 Å². The number of ether oxygens (including phenoxy) is 1. The van der Waals surface area contributed by atoms with Crippen LogP contribution in [0, 0.1) is 24.5 Å². The zero-order valence-corrected chi connectivity index (χ0v) is 10.1. The van der Waals surface area contributed by atoms with Crippen LogP contribution in [0.25, 0.3) is 0 Å². The van der Waals surface area contributed by atoms with E-state index in [0.29, 0.717) is 18.1 Å². The molecule has 4 heteroatoms. The van der Waals surface area contributed by atoms with Gasteiger partial charge >= 0.3 is 0 Å². The molecular formula is C13H17F2NO. The molecular weight excluding hydrogens is 224 g/mol. The van der Waals surface area contributed by atoms with E-state index >= 15 is 0 Å². The third-order valence-electron chi connectivity index (χ3n) is 3.13. The minimum atomic E-state index is -0.411. The molecule has 0 aromatic heterocycles. The number of hydrogen-bond acceptors (Lipinski definition) is 2. The van der Waals surface area contributed by atoms with Crippen molar-refractivity contribution in [1.82, 2.24) is 0 Å². The maximum Gasteiger partial charge on any atom is 0.146 e. The van der Waals surface area contributed by atoms with E-state index in [0.717, 1.165) is 12.8 Å². The van der Waals surface area contributed by atoms with Crippen LogP contribution in [-0.4, -0.2) is 19.8 Å². The van der Waals surface area contributed by atoms with E-state index in [9.17, 15) is 8.78 Å². The Morgan fingerprint density at radius 1 is 1.35 bits per heavy atom. The number of methoxy groups -OCH3 is 1. The molecule has 2 nitrogen and oxygen atoms in total. The summed E-state index contributed by atoms with van der Waals surface area (Å²) in [7, 11) is 1.61. The molecule has 1 unspecified atom stereocenters. The highest BCUT2D eigenvalue weighted by Gasteiger charge is 2.31. The lowest BCUT2D eigenvalue weighted by Crippen LogP contribution is -2.27. The zero-order valence-electron chi connectivity index (χ0n) is 10.1. The predicted octanol–water partition coefficient (Wildman–Crippen LogP) is 3.11. The van der Waals surface area contributed by atoms with E-state index in [-0.39, 0.29) is 17.5 Å². The second-order valence-electron chi connectivity index (χ2n) is 4.62. The molecule has 0 saturated heterocycles. The fourth-order valence-corrected chi connectivity index (χ4v) is 1.93. The lowest BCUT2D eigenvalue weighted by molar-refractivity contribution is 0.179. The lowest BCUT2D eigenvalue weighted by atomic mass is 10.1. The molecule has 0 radical (unpaired) electrons. The Hall–Kier alpha value is -1.16.